The third kappa shape index (κ3) is 5.13. The van der Waals surface area contributed by atoms with Gasteiger partial charge in [-0.25, -0.2) is 4.68 Å². The van der Waals surface area contributed by atoms with Gasteiger partial charge in [-0.05, 0) is 54.0 Å². The average molecular weight is 356 g/mol. The quantitative estimate of drug-likeness (QED) is 0.765. The second-order valence-electron chi connectivity index (χ2n) is 6.67. The number of rotatable bonds is 8. The van der Waals surface area contributed by atoms with Gasteiger partial charge in [-0.15, -0.1) is 0 Å². The highest BCUT2D eigenvalue weighted by Crippen LogP contribution is 2.30. The van der Waals surface area contributed by atoms with Crippen LogP contribution >= 0.6 is 15.9 Å². The maximum Gasteiger partial charge on any atom is 0.283 e. The molecular weight excluding hydrogens is 330 g/mol. The van der Waals surface area contributed by atoms with Gasteiger partial charge in [-0.2, -0.15) is 5.10 Å². The van der Waals surface area contributed by atoms with Crippen LogP contribution in [0.5, 0.6) is 0 Å². The molecule has 21 heavy (non-hydrogen) atoms. The molecule has 1 saturated carbocycles. The minimum atomic E-state index is -0.0266. The van der Waals surface area contributed by atoms with Crippen LogP contribution in [0.15, 0.2) is 15.5 Å². The standard InChI is InChI=1S/C16H26BrN3O/c1-11(2)5-4-6-12(3)19-14-9-18-20(10-13-7-8-13)16(21)15(14)17/h9,11-13,19H,4-8,10H2,1-3H3. The molecule has 5 heteroatoms. The van der Waals surface area contributed by atoms with Crippen LogP contribution in [0, 0.1) is 11.8 Å². The Balaban J connectivity index is 1.93. The summed E-state index contributed by atoms with van der Waals surface area (Å²) in [5, 5.41) is 7.69. The Bertz CT molecular complexity index is 523. The molecule has 0 bridgehead atoms. The first-order chi connectivity index (χ1) is 9.97. The number of halogens is 1. The van der Waals surface area contributed by atoms with Crippen molar-refractivity contribution in [3.8, 4) is 0 Å². The third-order valence-electron chi connectivity index (χ3n) is 3.93. The molecule has 4 nitrogen and oxygen atoms in total. The highest BCUT2D eigenvalue weighted by molar-refractivity contribution is 9.10. The minimum absolute atomic E-state index is 0.0266. The van der Waals surface area contributed by atoms with Crippen molar-refractivity contribution in [3.63, 3.8) is 0 Å². The van der Waals surface area contributed by atoms with Gasteiger partial charge in [-0.1, -0.05) is 26.7 Å². The highest BCUT2D eigenvalue weighted by Gasteiger charge is 2.23. The Kier molecular flexibility index (Phi) is 5.85. The van der Waals surface area contributed by atoms with Crippen molar-refractivity contribution in [1.29, 1.82) is 0 Å². The lowest BCUT2D eigenvalue weighted by molar-refractivity contribution is 0.518. The summed E-state index contributed by atoms with van der Waals surface area (Å²) in [5.41, 5.74) is 0.783. The Hall–Kier alpha value is -0.840. The number of nitrogens with zero attached hydrogens (tertiary/aromatic N) is 2. The second kappa shape index (κ2) is 7.43. The van der Waals surface area contributed by atoms with Crippen molar-refractivity contribution >= 4 is 21.6 Å². The number of hydrogen-bond donors (Lipinski definition) is 1. The van der Waals surface area contributed by atoms with Gasteiger partial charge >= 0.3 is 0 Å². The van der Waals surface area contributed by atoms with Gasteiger partial charge < -0.3 is 5.32 Å². The summed E-state index contributed by atoms with van der Waals surface area (Å²) in [4.78, 5) is 12.3. The molecule has 1 atom stereocenters. The van der Waals surface area contributed by atoms with Crippen molar-refractivity contribution < 1.29 is 0 Å². The van der Waals surface area contributed by atoms with E-state index in [-0.39, 0.29) is 5.56 Å². The molecule has 0 spiro atoms. The van der Waals surface area contributed by atoms with Gasteiger partial charge in [0.15, 0.2) is 0 Å². The average Bonchev–Trinajstić information content (AvgIpc) is 3.22. The van der Waals surface area contributed by atoms with Gasteiger partial charge in [0.2, 0.25) is 0 Å². The van der Waals surface area contributed by atoms with E-state index in [1.165, 1.54) is 25.7 Å². The molecule has 1 aromatic heterocycles. The van der Waals surface area contributed by atoms with Gasteiger partial charge in [0.05, 0.1) is 11.9 Å². The number of nitrogens with one attached hydrogen (secondary N) is 1. The van der Waals surface area contributed by atoms with Gasteiger partial charge in [-0.3, -0.25) is 4.79 Å². The molecule has 2 rings (SSSR count). The molecule has 1 aromatic rings. The summed E-state index contributed by atoms with van der Waals surface area (Å²) in [7, 11) is 0. The number of anilines is 1. The molecule has 1 N–H and O–H groups in total. The zero-order chi connectivity index (χ0) is 15.4. The third-order valence-corrected chi connectivity index (χ3v) is 4.70. The van der Waals surface area contributed by atoms with Crippen molar-refractivity contribution in [2.45, 2.75) is 65.5 Å². The van der Waals surface area contributed by atoms with E-state index in [0.29, 0.717) is 16.4 Å². The Morgan fingerprint density at radius 1 is 1.38 bits per heavy atom. The summed E-state index contributed by atoms with van der Waals surface area (Å²) in [5.74, 6) is 1.40. The van der Waals surface area contributed by atoms with Crippen LogP contribution in [0.4, 0.5) is 5.69 Å². The van der Waals surface area contributed by atoms with Crippen LogP contribution in [0.3, 0.4) is 0 Å². The molecule has 0 aliphatic heterocycles. The van der Waals surface area contributed by atoms with Gasteiger partial charge in [0.1, 0.15) is 4.47 Å². The molecular formula is C16H26BrN3O. The van der Waals surface area contributed by atoms with Crippen LogP contribution in [0.25, 0.3) is 0 Å². The van der Waals surface area contributed by atoms with E-state index in [9.17, 15) is 4.79 Å². The first-order valence-corrected chi connectivity index (χ1v) is 8.78. The van der Waals surface area contributed by atoms with E-state index in [2.05, 4.69) is 47.1 Å². The van der Waals surface area contributed by atoms with Crippen LogP contribution in [-0.4, -0.2) is 15.8 Å². The van der Waals surface area contributed by atoms with Gasteiger partial charge in [0, 0.05) is 12.6 Å². The fourth-order valence-electron chi connectivity index (χ4n) is 2.41. The van der Waals surface area contributed by atoms with E-state index in [1.54, 1.807) is 10.9 Å². The molecule has 0 amide bonds. The maximum atomic E-state index is 12.3. The monoisotopic (exact) mass is 355 g/mol. The first kappa shape index (κ1) is 16.5. The normalized spacial score (nSPS) is 16.2. The zero-order valence-electron chi connectivity index (χ0n) is 13.2. The second-order valence-corrected chi connectivity index (χ2v) is 7.47. The van der Waals surface area contributed by atoms with Crippen LogP contribution in [-0.2, 0) is 6.54 Å². The summed E-state index contributed by atoms with van der Waals surface area (Å²) in [6, 6.07) is 0.348. The van der Waals surface area contributed by atoms with E-state index in [1.807, 2.05) is 0 Å². The topological polar surface area (TPSA) is 46.9 Å². The summed E-state index contributed by atoms with van der Waals surface area (Å²) >= 11 is 3.43. The van der Waals surface area contributed by atoms with Crippen molar-refractivity contribution in [2.75, 3.05) is 5.32 Å². The molecule has 1 fully saturated rings. The van der Waals surface area contributed by atoms with Crippen LogP contribution in [0.2, 0.25) is 0 Å². The molecule has 0 radical (unpaired) electrons. The van der Waals surface area contributed by atoms with E-state index < -0.39 is 0 Å². The van der Waals surface area contributed by atoms with E-state index in [4.69, 9.17) is 0 Å². The SMILES string of the molecule is CC(C)CCCC(C)Nc1cnn(CC2CC2)c(=O)c1Br. The molecule has 0 aromatic carbocycles. The van der Waals surface area contributed by atoms with Gasteiger partial charge in [0.25, 0.3) is 5.56 Å². The van der Waals surface area contributed by atoms with Crippen molar-refractivity contribution in [3.05, 3.63) is 21.0 Å². The van der Waals surface area contributed by atoms with Crippen molar-refractivity contribution in [1.82, 2.24) is 9.78 Å². The molecule has 1 unspecified atom stereocenters. The molecule has 0 saturated heterocycles. The molecule has 1 aliphatic rings. The van der Waals surface area contributed by atoms with E-state index >= 15 is 0 Å². The maximum absolute atomic E-state index is 12.3. The predicted octanol–water partition coefficient (Wildman–Crippen LogP) is 4.04. The Labute approximate surface area is 135 Å². The molecule has 1 aliphatic carbocycles. The Morgan fingerprint density at radius 3 is 2.71 bits per heavy atom. The van der Waals surface area contributed by atoms with E-state index in [0.717, 1.165) is 24.6 Å². The molecule has 1 heterocycles. The predicted molar refractivity (Wildman–Crippen MR) is 90.7 cm³/mol. The number of hydrogen-bond acceptors (Lipinski definition) is 3. The van der Waals surface area contributed by atoms with Crippen LogP contribution < -0.4 is 10.9 Å². The lowest BCUT2D eigenvalue weighted by Gasteiger charge is -2.17. The fourth-order valence-corrected chi connectivity index (χ4v) is 2.83. The largest absolute Gasteiger partial charge is 0.380 e. The highest BCUT2D eigenvalue weighted by atomic mass is 79.9. The summed E-state index contributed by atoms with van der Waals surface area (Å²) in [6.07, 6.45) is 7.77. The lowest BCUT2D eigenvalue weighted by Crippen LogP contribution is -2.26. The Morgan fingerprint density at radius 2 is 2.10 bits per heavy atom. The zero-order valence-corrected chi connectivity index (χ0v) is 14.8. The fraction of sp³-hybridized carbons (Fsp3) is 0.750. The minimum Gasteiger partial charge on any atom is -0.380 e. The number of aromatic nitrogens is 2. The lowest BCUT2D eigenvalue weighted by atomic mass is 10.0. The van der Waals surface area contributed by atoms with Crippen LogP contribution in [0.1, 0.15) is 52.9 Å². The molecule has 118 valence electrons. The van der Waals surface area contributed by atoms with Crippen molar-refractivity contribution in [2.24, 2.45) is 11.8 Å². The summed E-state index contributed by atoms with van der Waals surface area (Å²) < 4.78 is 2.19. The smallest absolute Gasteiger partial charge is 0.283 e. The first-order valence-electron chi connectivity index (χ1n) is 7.99. The summed E-state index contributed by atoms with van der Waals surface area (Å²) in [6.45, 7) is 7.40.